The molecule has 25 heavy (non-hydrogen) atoms. The minimum atomic E-state index is -3.52. The monoisotopic (exact) mass is 360 g/mol. The van der Waals surface area contributed by atoms with Gasteiger partial charge in [-0.15, -0.1) is 0 Å². The van der Waals surface area contributed by atoms with Gasteiger partial charge in [-0.25, -0.2) is 8.42 Å². The maximum atomic E-state index is 12.8. The van der Waals surface area contributed by atoms with E-state index in [0.717, 1.165) is 30.5 Å². The van der Waals surface area contributed by atoms with Gasteiger partial charge in [0.2, 0.25) is 10.0 Å². The molecule has 2 aliphatic rings. The third-order valence-electron chi connectivity index (χ3n) is 4.87. The van der Waals surface area contributed by atoms with Gasteiger partial charge in [-0.2, -0.15) is 9.40 Å². The van der Waals surface area contributed by atoms with Gasteiger partial charge in [0.25, 0.3) is 5.91 Å². The second kappa shape index (κ2) is 6.27. The minimum Gasteiger partial charge on any atom is -0.334 e. The normalized spacial score (nSPS) is 18.3. The van der Waals surface area contributed by atoms with Crippen LogP contribution in [0.4, 0.5) is 0 Å². The largest absolute Gasteiger partial charge is 0.334 e. The van der Waals surface area contributed by atoms with Crippen molar-refractivity contribution in [2.45, 2.75) is 30.7 Å². The van der Waals surface area contributed by atoms with E-state index in [0.29, 0.717) is 31.7 Å². The molecule has 1 saturated heterocycles. The lowest BCUT2D eigenvalue weighted by molar-refractivity contribution is 0.0734. The van der Waals surface area contributed by atoms with Crippen LogP contribution in [0.5, 0.6) is 0 Å². The standard InChI is InChI=1S/C17H20N4O3S/c22-17(20-9-6-16-14(12-20)11-18-19-16)13-4-3-5-15(10-13)25(23,24)21-7-1-2-8-21/h3-5,10-11H,1-2,6-9,12H2,(H,18,19). The van der Waals surface area contributed by atoms with Gasteiger partial charge in [0.05, 0.1) is 11.1 Å². The number of amides is 1. The van der Waals surface area contributed by atoms with Crippen molar-refractivity contribution in [1.82, 2.24) is 19.4 Å². The molecule has 0 bridgehead atoms. The number of aromatic amines is 1. The summed E-state index contributed by atoms with van der Waals surface area (Å²) in [5, 5.41) is 6.96. The van der Waals surface area contributed by atoms with Crippen molar-refractivity contribution in [2.24, 2.45) is 0 Å². The van der Waals surface area contributed by atoms with Crippen LogP contribution in [0.15, 0.2) is 35.4 Å². The summed E-state index contributed by atoms with van der Waals surface area (Å²) in [6, 6.07) is 6.38. The highest BCUT2D eigenvalue weighted by molar-refractivity contribution is 7.89. The Labute approximate surface area is 146 Å². The quantitative estimate of drug-likeness (QED) is 0.896. The van der Waals surface area contributed by atoms with Crippen LogP contribution in [0, 0.1) is 0 Å². The van der Waals surface area contributed by atoms with Crippen molar-refractivity contribution >= 4 is 15.9 Å². The highest BCUT2D eigenvalue weighted by atomic mass is 32.2. The first-order valence-corrected chi connectivity index (χ1v) is 9.90. The van der Waals surface area contributed by atoms with Crippen LogP contribution < -0.4 is 0 Å². The molecule has 0 unspecified atom stereocenters. The molecule has 0 aliphatic carbocycles. The lowest BCUT2D eigenvalue weighted by Gasteiger charge is -2.26. The smallest absolute Gasteiger partial charge is 0.254 e. The summed E-state index contributed by atoms with van der Waals surface area (Å²) in [7, 11) is -3.52. The molecular weight excluding hydrogens is 340 g/mol. The molecule has 0 saturated carbocycles. The van der Waals surface area contributed by atoms with Crippen LogP contribution >= 0.6 is 0 Å². The van der Waals surface area contributed by atoms with Gasteiger partial charge in [-0.05, 0) is 31.0 Å². The first-order valence-electron chi connectivity index (χ1n) is 8.46. The maximum Gasteiger partial charge on any atom is 0.254 e. The predicted octanol–water partition coefficient (Wildman–Crippen LogP) is 1.39. The van der Waals surface area contributed by atoms with Crippen LogP contribution in [0.2, 0.25) is 0 Å². The topological polar surface area (TPSA) is 86.4 Å². The second-order valence-electron chi connectivity index (χ2n) is 6.49. The maximum absolute atomic E-state index is 12.8. The molecule has 1 amide bonds. The van der Waals surface area contributed by atoms with Crippen LogP contribution in [0.25, 0.3) is 0 Å². The van der Waals surface area contributed by atoms with E-state index in [-0.39, 0.29) is 10.8 Å². The Morgan fingerprint density at radius 3 is 2.76 bits per heavy atom. The van der Waals surface area contributed by atoms with E-state index in [9.17, 15) is 13.2 Å². The number of benzene rings is 1. The van der Waals surface area contributed by atoms with Crippen LogP contribution in [-0.4, -0.2) is 53.4 Å². The van der Waals surface area contributed by atoms with Gasteiger partial charge in [-0.1, -0.05) is 6.07 Å². The predicted molar refractivity (Wildman–Crippen MR) is 91.5 cm³/mol. The molecule has 132 valence electrons. The molecule has 0 atom stereocenters. The molecule has 1 fully saturated rings. The summed E-state index contributed by atoms with van der Waals surface area (Å²) in [4.78, 5) is 14.7. The van der Waals surface area contributed by atoms with Crippen molar-refractivity contribution in [3.05, 3.63) is 47.3 Å². The number of carbonyl (C=O) groups is 1. The summed E-state index contributed by atoms with van der Waals surface area (Å²) < 4.78 is 26.9. The Kier molecular flexibility index (Phi) is 4.09. The Morgan fingerprint density at radius 1 is 1.16 bits per heavy atom. The lowest BCUT2D eigenvalue weighted by Crippen LogP contribution is -2.36. The Morgan fingerprint density at radius 2 is 1.96 bits per heavy atom. The van der Waals surface area contributed by atoms with Crippen LogP contribution in [0.3, 0.4) is 0 Å². The third-order valence-corrected chi connectivity index (χ3v) is 6.77. The zero-order chi connectivity index (χ0) is 17.4. The first-order chi connectivity index (χ1) is 12.1. The van der Waals surface area contributed by atoms with Crippen molar-refractivity contribution in [3.63, 3.8) is 0 Å². The number of sulfonamides is 1. The highest BCUT2D eigenvalue weighted by Crippen LogP contribution is 2.23. The van der Waals surface area contributed by atoms with E-state index in [1.165, 1.54) is 10.4 Å². The zero-order valence-electron chi connectivity index (χ0n) is 13.8. The number of nitrogens with one attached hydrogen (secondary N) is 1. The van der Waals surface area contributed by atoms with E-state index in [1.54, 1.807) is 29.3 Å². The fraction of sp³-hybridized carbons (Fsp3) is 0.412. The van der Waals surface area contributed by atoms with Gasteiger partial charge >= 0.3 is 0 Å². The summed E-state index contributed by atoms with van der Waals surface area (Å²) in [6.07, 6.45) is 4.24. The molecule has 2 aromatic rings. The summed E-state index contributed by atoms with van der Waals surface area (Å²) in [5.74, 6) is -0.148. The molecule has 0 radical (unpaired) electrons. The average Bonchev–Trinajstić information content (AvgIpc) is 3.32. The first kappa shape index (κ1) is 16.3. The second-order valence-corrected chi connectivity index (χ2v) is 8.43. The summed E-state index contributed by atoms with van der Waals surface area (Å²) in [5.41, 5.74) is 2.49. The Bertz CT molecular complexity index is 900. The molecule has 7 nitrogen and oxygen atoms in total. The third kappa shape index (κ3) is 2.96. The number of nitrogens with zero attached hydrogens (tertiary/aromatic N) is 3. The highest BCUT2D eigenvalue weighted by Gasteiger charge is 2.29. The molecule has 3 heterocycles. The molecule has 8 heteroatoms. The molecule has 4 rings (SSSR count). The minimum absolute atomic E-state index is 0.148. The number of H-pyrrole nitrogens is 1. The van der Waals surface area contributed by atoms with Crippen LogP contribution in [-0.2, 0) is 23.0 Å². The zero-order valence-corrected chi connectivity index (χ0v) is 14.6. The number of hydrogen-bond acceptors (Lipinski definition) is 4. The molecule has 0 spiro atoms. The van der Waals surface area contributed by atoms with Crippen LogP contribution in [0.1, 0.15) is 34.5 Å². The molecule has 2 aliphatic heterocycles. The van der Waals surface area contributed by atoms with E-state index in [1.807, 2.05) is 0 Å². The van der Waals surface area contributed by atoms with Gasteiger partial charge in [0.15, 0.2) is 0 Å². The van der Waals surface area contributed by atoms with Gasteiger partial charge in [0, 0.05) is 49.4 Å². The van der Waals surface area contributed by atoms with E-state index in [4.69, 9.17) is 0 Å². The lowest BCUT2D eigenvalue weighted by atomic mass is 10.1. The molecule has 1 N–H and O–H groups in total. The number of fused-ring (bicyclic) bond motifs is 1. The molecular formula is C17H20N4O3S. The Hall–Kier alpha value is -2.19. The van der Waals surface area contributed by atoms with E-state index < -0.39 is 10.0 Å². The number of aromatic nitrogens is 2. The van der Waals surface area contributed by atoms with Crippen molar-refractivity contribution in [2.75, 3.05) is 19.6 Å². The average molecular weight is 360 g/mol. The summed E-state index contributed by atoms with van der Waals surface area (Å²) in [6.45, 7) is 2.19. The molecule has 1 aromatic carbocycles. The van der Waals surface area contributed by atoms with Gasteiger partial charge in [0.1, 0.15) is 0 Å². The molecule has 1 aromatic heterocycles. The van der Waals surface area contributed by atoms with Crippen molar-refractivity contribution in [1.29, 1.82) is 0 Å². The van der Waals surface area contributed by atoms with E-state index in [2.05, 4.69) is 10.2 Å². The van der Waals surface area contributed by atoms with Crippen molar-refractivity contribution in [3.8, 4) is 0 Å². The Balaban J connectivity index is 1.58. The summed E-state index contributed by atoms with van der Waals surface area (Å²) >= 11 is 0. The fourth-order valence-electron chi connectivity index (χ4n) is 3.45. The van der Waals surface area contributed by atoms with E-state index >= 15 is 0 Å². The number of carbonyl (C=O) groups excluding carboxylic acids is 1. The fourth-order valence-corrected chi connectivity index (χ4v) is 5.01. The van der Waals surface area contributed by atoms with Crippen molar-refractivity contribution < 1.29 is 13.2 Å². The number of rotatable bonds is 3. The number of hydrogen-bond donors (Lipinski definition) is 1. The van der Waals surface area contributed by atoms with Gasteiger partial charge in [-0.3, -0.25) is 9.89 Å². The SMILES string of the molecule is O=C(c1cccc(S(=O)(=O)N2CCCC2)c1)N1CCc2[nH]ncc2C1. The van der Waals surface area contributed by atoms with Gasteiger partial charge < -0.3 is 4.90 Å².